The SMILES string of the molecule is Cc1nn2c(-c3ccc(-c4ccc(Cl)cc4Cl)o3)ccnc2c1Br. The zero-order chi connectivity index (χ0) is 16.8. The van der Waals surface area contributed by atoms with E-state index in [0.717, 1.165) is 27.1 Å². The van der Waals surface area contributed by atoms with Crippen LogP contribution >= 0.6 is 39.1 Å². The first-order valence-corrected chi connectivity index (χ1v) is 8.65. The van der Waals surface area contributed by atoms with E-state index in [4.69, 9.17) is 27.6 Å². The van der Waals surface area contributed by atoms with Crippen LogP contribution in [0, 0.1) is 6.92 Å². The fraction of sp³-hybridized carbons (Fsp3) is 0.0588. The van der Waals surface area contributed by atoms with Crippen molar-refractivity contribution >= 4 is 44.8 Å². The lowest BCUT2D eigenvalue weighted by Gasteiger charge is -2.03. The lowest BCUT2D eigenvalue weighted by Crippen LogP contribution is -1.94. The lowest BCUT2D eigenvalue weighted by molar-refractivity contribution is 0.592. The number of fused-ring (bicyclic) bond motifs is 1. The number of hydrogen-bond donors (Lipinski definition) is 0. The third-order valence-electron chi connectivity index (χ3n) is 3.68. The van der Waals surface area contributed by atoms with Gasteiger partial charge in [-0.3, -0.25) is 0 Å². The fourth-order valence-electron chi connectivity index (χ4n) is 2.52. The first-order valence-electron chi connectivity index (χ1n) is 7.10. The maximum Gasteiger partial charge on any atom is 0.170 e. The van der Waals surface area contributed by atoms with E-state index < -0.39 is 0 Å². The van der Waals surface area contributed by atoms with Crippen molar-refractivity contribution in [3.8, 4) is 22.8 Å². The van der Waals surface area contributed by atoms with Gasteiger partial charge in [-0.15, -0.1) is 0 Å². The Bertz CT molecular complexity index is 1070. The molecular weight excluding hydrogens is 413 g/mol. The topological polar surface area (TPSA) is 43.3 Å². The van der Waals surface area contributed by atoms with Crippen molar-refractivity contribution in [1.82, 2.24) is 14.6 Å². The largest absolute Gasteiger partial charge is 0.454 e. The van der Waals surface area contributed by atoms with Gasteiger partial charge in [0, 0.05) is 16.8 Å². The van der Waals surface area contributed by atoms with Crippen molar-refractivity contribution in [1.29, 1.82) is 0 Å². The number of nitrogens with zero attached hydrogens (tertiary/aromatic N) is 3. The van der Waals surface area contributed by atoms with Crippen LogP contribution in [0.15, 0.2) is 51.5 Å². The van der Waals surface area contributed by atoms with Crippen LogP contribution in [0.1, 0.15) is 5.69 Å². The molecule has 4 rings (SSSR count). The molecule has 120 valence electrons. The van der Waals surface area contributed by atoms with Gasteiger partial charge in [0.15, 0.2) is 11.4 Å². The Kier molecular flexibility index (Phi) is 3.87. The zero-order valence-electron chi connectivity index (χ0n) is 12.4. The van der Waals surface area contributed by atoms with E-state index in [-0.39, 0.29) is 0 Å². The number of aryl methyl sites for hydroxylation is 1. The highest BCUT2D eigenvalue weighted by atomic mass is 79.9. The Hall–Kier alpha value is -1.82. The second-order valence-electron chi connectivity index (χ2n) is 5.25. The highest BCUT2D eigenvalue weighted by Gasteiger charge is 2.15. The second-order valence-corrected chi connectivity index (χ2v) is 6.89. The van der Waals surface area contributed by atoms with E-state index in [1.807, 2.05) is 31.2 Å². The molecule has 0 N–H and O–H groups in total. The molecule has 3 aromatic heterocycles. The van der Waals surface area contributed by atoms with E-state index in [0.29, 0.717) is 21.6 Å². The molecule has 3 heterocycles. The van der Waals surface area contributed by atoms with Gasteiger partial charge in [0.05, 0.1) is 15.2 Å². The van der Waals surface area contributed by atoms with Crippen molar-refractivity contribution in [2.75, 3.05) is 0 Å². The van der Waals surface area contributed by atoms with Gasteiger partial charge in [-0.2, -0.15) is 5.10 Å². The molecule has 1 aromatic carbocycles. The minimum Gasteiger partial charge on any atom is -0.454 e. The standard InChI is InChI=1S/C17H10BrCl2N3O/c1-9-16(18)17-21-7-6-13(23(17)22-9)15-5-4-14(24-15)11-3-2-10(19)8-12(11)20/h2-8H,1H3. The van der Waals surface area contributed by atoms with Crippen LogP contribution in [0.2, 0.25) is 10.0 Å². The van der Waals surface area contributed by atoms with Crippen molar-refractivity contribution in [3.63, 3.8) is 0 Å². The molecule has 4 nitrogen and oxygen atoms in total. The summed E-state index contributed by atoms with van der Waals surface area (Å²) < 4.78 is 8.63. The van der Waals surface area contributed by atoms with E-state index in [9.17, 15) is 0 Å². The van der Waals surface area contributed by atoms with Crippen LogP contribution in [0.3, 0.4) is 0 Å². The Labute approximate surface area is 156 Å². The summed E-state index contributed by atoms with van der Waals surface area (Å²) in [5.74, 6) is 1.35. The number of halogens is 3. The van der Waals surface area contributed by atoms with Crippen LogP contribution < -0.4 is 0 Å². The van der Waals surface area contributed by atoms with Crippen LogP contribution in [0.5, 0.6) is 0 Å². The first-order chi connectivity index (χ1) is 11.5. The molecule has 0 radical (unpaired) electrons. The van der Waals surface area contributed by atoms with Gasteiger partial charge >= 0.3 is 0 Å². The van der Waals surface area contributed by atoms with Gasteiger partial charge in [0.25, 0.3) is 0 Å². The number of benzene rings is 1. The van der Waals surface area contributed by atoms with Gasteiger partial charge in [0.1, 0.15) is 11.5 Å². The molecule has 0 fully saturated rings. The number of hydrogen-bond acceptors (Lipinski definition) is 3. The van der Waals surface area contributed by atoms with Crippen LogP contribution in [0.25, 0.3) is 28.4 Å². The van der Waals surface area contributed by atoms with Crippen molar-refractivity contribution < 1.29 is 4.42 Å². The third-order valence-corrected chi connectivity index (χ3v) is 5.15. The molecule has 0 saturated heterocycles. The Balaban J connectivity index is 1.85. The average molecular weight is 423 g/mol. The van der Waals surface area contributed by atoms with Gasteiger partial charge in [0.2, 0.25) is 0 Å². The van der Waals surface area contributed by atoms with Crippen molar-refractivity contribution in [3.05, 3.63) is 62.8 Å². The zero-order valence-corrected chi connectivity index (χ0v) is 15.5. The summed E-state index contributed by atoms with van der Waals surface area (Å²) in [4.78, 5) is 4.35. The second kappa shape index (κ2) is 5.92. The quantitative estimate of drug-likeness (QED) is 0.395. The smallest absolute Gasteiger partial charge is 0.170 e. The summed E-state index contributed by atoms with van der Waals surface area (Å²) in [6, 6.07) is 10.9. The Morgan fingerprint density at radius 3 is 2.67 bits per heavy atom. The minimum absolute atomic E-state index is 0.543. The van der Waals surface area contributed by atoms with E-state index >= 15 is 0 Å². The molecule has 0 unspecified atom stereocenters. The molecule has 4 aromatic rings. The van der Waals surface area contributed by atoms with E-state index in [1.54, 1.807) is 22.8 Å². The highest BCUT2D eigenvalue weighted by molar-refractivity contribution is 9.10. The Morgan fingerprint density at radius 1 is 1.08 bits per heavy atom. The Morgan fingerprint density at radius 2 is 1.88 bits per heavy atom. The molecule has 0 bridgehead atoms. The molecule has 24 heavy (non-hydrogen) atoms. The van der Waals surface area contributed by atoms with Gasteiger partial charge in [-0.25, -0.2) is 9.50 Å². The minimum atomic E-state index is 0.543. The summed E-state index contributed by atoms with van der Waals surface area (Å²) in [5.41, 5.74) is 3.20. The predicted octanol–water partition coefficient (Wildman–Crippen LogP) is 6.03. The number of furan rings is 1. The van der Waals surface area contributed by atoms with Crippen LogP contribution in [0.4, 0.5) is 0 Å². The molecular formula is C17H10BrCl2N3O. The lowest BCUT2D eigenvalue weighted by atomic mass is 10.2. The number of rotatable bonds is 2. The first kappa shape index (κ1) is 15.7. The van der Waals surface area contributed by atoms with Crippen LogP contribution in [-0.2, 0) is 0 Å². The summed E-state index contributed by atoms with van der Waals surface area (Å²) in [5, 5.41) is 5.63. The molecule has 7 heteroatoms. The van der Waals surface area contributed by atoms with E-state index in [1.165, 1.54) is 0 Å². The van der Waals surface area contributed by atoms with Crippen molar-refractivity contribution in [2.45, 2.75) is 6.92 Å². The molecule has 0 amide bonds. The van der Waals surface area contributed by atoms with Gasteiger partial charge in [-0.05, 0) is 59.3 Å². The highest BCUT2D eigenvalue weighted by Crippen LogP contribution is 2.34. The molecule has 0 aliphatic heterocycles. The summed E-state index contributed by atoms with van der Waals surface area (Å²) in [7, 11) is 0. The molecule has 0 aliphatic carbocycles. The normalized spacial score (nSPS) is 11.3. The number of aromatic nitrogens is 3. The molecule has 0 aliphatic rings. The van der Waals surface area contributed by atoms with E-state index in [2.05, 4.69) is 26.0 Å². The summed E-state index contributed by atoms with van der Waals surface area (Å²) >= 11 is 15.7. The summed E-state index contributed by atoms with van der Waals surface area (Å²) in [6.45, 7) is 1.92. The molecule has 0 saturated carbocycles. The maximum atomic E-state index is 6.26. The molecule has 0 spiro atoms. The maximum absolute atomic E-state index is 6.26. The summed E-state index contributed by atoms with van der Waals surface area (Å²) in [6.07, 6.45) is 1.73. The predicted molar refractivity (Wildman–Crippen MR) is 98.6 cm³/mol. The fourth-order valence-corrected chi connectivity index (χ4v) is 3.37. The van der Waals surface area contributed by atoms with Crippen molar-refractivity contribution in [2.24, 2.45) is 0 Å². The molecule has 0 atom stereocenters. The van der Waals surface area contributed by atoms with Gasteiger partial charge in [-0.1, -0.05) is 23.2 Å². The average Bonchev–Trinajstić information content (AvgIpc) is 3.13. The van der Waals surface area contributed by atoms with Gasteiger partial charge < -0.3 is 4.42 Å². The van der Waals surface area contributed by atoms with Crippen LogP contribution in [-0.4, -0.2) is 14.6 Å². The third kappa shape index (κ3) is 2.53. The monoisotopic (exact) mass is 421 g/mol.